The number of nitrogens with zero attached hydrogens (tertiary/aromatic N) is 2. The third-order valence-corrected chi connectivity index (χ3v) is 6.11. The minimum atomic E-state index is -0.895. The summed E-state index contributed by atoms with van der Waals surface area (Å²) < 4.78 is 2.08. The molecule has 0 aromatic carbocycles. The molecule has 0 saturated heterocycles. The summed E-state index contributed by atoms with van der Waals surface area (Å²) in [7, 11) is 0. The molecule has 1 aromatic heterocycles. The van der Waals surface area contributed by atoms with Gasteiger partial charge in [0.05, 0.1) is 6.04 Å². The molecule has 1 N–H and O–H groups in total. The first kappa shape index (κ1) is 12.4. The van der Waals surface area contributed by atoms with Crippen molar-refractivity contribution in [1.82, 2.24) is 9.78 Å². The van der Waals surface area contributed by atoms with Crippen LogP contribution < -0.4 is 0 Å². The van der Waals surface area contributed by atoms with E-state index < -0.39 is 5.97 Å². The fourth-order valence-corrected chi connectivity index (χ4v) is 5.39. The summed E-state index contributed by atoms with van der Waals surface area (Å²) in [4.78, 5) is 11.3. The number of carbonyl (C=O) groups is 1. The van der Waals surface area contributed by atoms with Crippen LogP contribution in [0.2, 0.25) is 0 Å². The zero-order valence-electron chi connectivity index (χ0n) is 12.2. The molecule has 1 aromatic rings. The molecule has 4 aliphatic carbocycles. The Morgan fingerprint density at radius 3 is 2.10 bits per heavy atom. The lowest BCUT2D eigenvalue weighted by molar-refractivity contribution is -0.0345. The SMILES string of the molecule is Cc1c(C(=O)O)nn(C2C3CC4CC(C3)CC2C4)c1C. The minimum absolute atomic E-state index is 0.247. The highest BCUT2D eigenvalue weighted by atomic mass is 16.4. The molecule has 4 bridgehead atoms. The van der Waals surface area contributed by atoms with Gasteiger partial charge in [-0.15, -0.1) is 0 Å². The predicted octanol–water partition coefficient (Wildman–Crippen LogP) is 3.20. The van der Waals surface area contributed by atoms with Crippen LogP contribution in [-0.2, 0) is 0 Å². The van der Waals surface area contributed by atoms with Gasteiger partial charge in [-0.2, -0.15) is 5.10 Å². The second kappa shape index (κ2) is 4.09. The minimum Gasteiger partial charge on any atom is -0.476 e. The Kier molecular flexibility index (Phi) is 2.54. The molecule has 4 heteroatoms. The molecule has 0 radical (unpaired) electrons. The average Bonchev–Trinajstić information content (AvgIpc) is 2.66. The van der Waals surface area contributed by atoms with E-state index in [1.807, 2.05) is 13.8 Å². The van der Waals surface area contributed by atoms with Crippen molar-refractivity contribution in [2.75, 3.05) is 0 Å². The Morgan fingerprint density at radius 2 is 1.65 bits per heavy atom. The summed E-state index contributed by atoms with van der Waals surface area (Å²) in [6.45, 7) is 3.91. The van der Waals surface area contributed by atoms with E-state index in [9.17, 15) is 9.90 Å². The van der Waals surface area contributed by atoms with Gasteiger partial charge in [0, 0.05) is 11.3 Å². The second-order valence-corrected chi connectivity index (χ2v) is 7.23. The molecule has 4 aliphatic rings. The molecule has 108 valence electrons. The van der Waals surface area contributed by atoms with E-state index in [-0.39, 0.29) is 5.69 Å². The number of aromatic nitrogens is 2. The monoisotopic (exact) mass is 274 g/mol. The topological polar surface area (TPSA) is 55.1 Å². The van der Waals surface area contributed by atoms with Crippen molar-refractivity contribution < 1.29 is 9.90 Å². The molecule has 5 rings (SSSR count). The molecule has 20 heavy (non-hydrogen) atoms. The molecule has 0 atom stereocenters. The number of aromatic carboxylic acids is 1. The molecule has 1 heterocycles. The van der Waals surface area contributed by atoms with Gasteiger partial charge < -0.3 is 5.11 Å². The maximum atomic E-state index is 11.3. The van der Waals surface area contributed by atoms with Gasteiger partial charge in [-0.25, -0.2) is 4.79 Å². The van der Waals surface area contributed by atoms with Gasteiger partial charge in [-0.1, -0.05) is 0 Å². The molecular formula is C16H22N2O2. The van der Waals surface area contributed by atoms with E-state index in [1.54, 1.807) is 0 Å². The number of hydrogen-bond donors (Lipinski definition) is 1. The first-order chi connectivity index (χ1) is 9.54. The van der Waals surface area contributed by atoms with Crippen LogP contribution >= 0.6 is 0 Å². The highest BCUT2D eigenvalue weighted by molar-refractivity contribution is 5.87. The fraction of sp³-hybridized carbons (Fsp3) is 0.750. The van der Waals surface area contributed by atoms with E-state index in [0.717, 1.165) is 34.9 Å². The van der Waals surface area contributed by atoms with Crippen LogP contribution in [0.5, 0.6) is 0 Å². The van der Waals surface area contributed by atoms with E-state index in [4.69, 9.17) is 0 Å². The predicted molar refractivity (Wildman–Crippen MR) is 74.7 cm³/mol. The molecular weight excluding hydrogens is 252 g/mol. The van der Waals surface area contributed by atoms with Gasteiger partial charge >= 0.3 is 5.97 Å². The lowest BCUT2D eigenvalue weighted by Crippen LogP contribution is -2.46. The van der Waals surface area contributed by atoms with Crippen LogP contribution in [-0.4, -0.2) is 20.9 Å². The Morgan fingerprint density at radius 1 is 1.10 bits per heavy atom. The molecule has 0 amide bonds. The third-order valence-electron chi connectivity index (χ3n) is 6.11. The fourth-order valence-electron chi connectivity index (χ4n) is 5.39. The largest absolute Gasteiger partial charge is 0.476 e. The number of hydrogen-bond acceptors (Lipinski definition) is 2. The van der Waals surface area contributed by atoms with Crippen molar-refractivity contribution in [3.05, 3.63) is 17.0 Å². The summed E-state index contributed by atoms with van der Waals surface area (Å²) >= 11 is 0. The van der Waals surface area contributed by atoms with E-state index in [2.05, 4.69) is 9.78 Å². The Bertz CT molecular complexity index is 547. The van der Waals surface area contributed by atoms with Crippen molar-refractivity contribution in [3.63, 3.8) is 0 Å². The summed E-state index contributed by atoms with van der Waals surface area (Å²) in [5, 5.41) is 13.8. The molecule has 4 fully saturated rings. The van der Waals surface area contributed by atoms with Crippen LogP contribution in [0.4, 0.5) is 0 Å². The normalized spacial score (nSPS) is 38.4. The molecule has 4 nitrogen and oxygen atoms in total. The summed E-state index contributed by atoms with van der Waals surface area (Å²) in [5.74, 6) is 2.43. The lowest BCUT2D eigenvalue weighted by atomic mass is 9.54. The smallest absolute Gasteiger partial charge is 0.356 e. The quantitative estimate of drug-likeness (QED) is 0.901. The maximum Gasteiger partial charge on any atom is 0.356 e. The van der Waals surface area contributed by atoms with Gasteiger partial charge in [-0.05, 0) is 69.6 Å². The van der Waals surface area contributed by atoms with Crippen molar-refractivity contribution in [3.8, 4) is 0 Å². The van der Waals surface area contributed by atoms with Gasteiger partial charge in [-0.3, -0.25) is 4.68 Å². The van der Waals surface area contributed by atoms with E-state index in [0.29, 0.717) is 6.04 Å². The highest BCUT2D eigenvalue weighted by Crippen LogP contribution is 2.58. The summed E-state index contributed by atoms with van der Waals surface area (Å²) in [6.07, 6.45) is 6.77. The Hall–Kier alpha value is -1.32. The number of carboxylic acid groups (broad SMARTS) is 1. The molecule has 0 aliphatic heterocycles. The zero-order valence-corrected chi connectivity index (χ0v) is 12.2. The number of rotatable bonds is 2. The van der Waals surface area contributed by atoms with Crippen LogP contribution in [0.1, 0.15) is 59.9 Å². The summed E-state index contributed by atoms with van der Waals surface area (Å²) in [5.41, 5.74) is 2.14. The van der Waals surface area contributed by atoms with Crippen LogP contribution in [0.25, 0.3) is 0 Å². The van der Waals surface area contributed by atoms with Gasteiger partial charge in [0.2, 0.25) is 0 Å². The Balaban J connectivity index is 1.74. The third kappa shape index (κ3) is 1.60. The van der Waals surface area contributed by atoms with Crippen molar-refractivity contribution in [2.45, 2.75) is 52.0 Å². The zero-order chi connectivity index (χ0) is 14.0. The van der Waals surface area contributed by atoms with Crippen LogP contribution in [0.15, 0.2) is 0 Å². The summed E-state index contributed by atoms with van der Waals surface area (Å²) in [6, 6.07) is 0.453. The maximum absolute atomic E-state index is 11.3. The Labute approximate surface area is 119 Å². The van der Waals surface area contributed by atoms with E-state index in [1.165, 1.54) is 32.1 Å². The van der Waals surface area contributed by atoms with Gasteiger partial charge in [0.25, 0.3) is 0 Å². The lowest BCUT2D eigenvalue weighted by Gasteiger charge is -2.54. The van der Waals surface area contributed by atoms with Gasteiger partial charge in [0.15, 0.2) is 5.69 Å². The van der Waals surface area contributed by atoms with Crippen molar-refractivity contribution >= 4 is 5.97 Å². The molecule has 0 unspecified atom stereocenters. The van der Waals surface area contributed by atoms with E-state index >= 15 is 0 Å². The van der Waals surface area contributed by atoms with Gasteiger partial charge in [0.1, 0.15) is 0 Å². The first-order valence-electron chi connectivity index (χ1n) is 7.83. The molecule has 4 saturated carbocycles. The second-order valence-electron chi connectivity index (χ2n) is 7.23. The highest BCUT2D eigenvalue weighted by Gasteiger charge is 2.49. The average molecular weight is 274 g/mol. The molecule has 0 spiro atoms. The van der Waals surface area contributed by atoms with Crippen LogP contribution in [0.3, 0.4) is 0 Å². The van der Waals surface area contributed by atoms with Crippen LogP contribution in [0, 0.1) is 37.5 Å². The van der Waals surface area contributed by atoms with Crippen molar-refractivity contribution in [2.24, 2.45) is 23.7 Å². The number of carboxylic acids is 1. The first-order valence-corrected chi connectivity index (χ1v) is 7.83. The standard InChI is InChI=1S/C16H22N2O2/c1-8-9(2)18(17-14(8)16(19)20)15-12-4-10-3-11(6-12)7-13(15)5-10/h10-13,15H,3-7H2,1-2H3,(H,19,20). The van der Waals surface area contributed by atoms with Crippen molar-refractivity contribution in [1.29, 1.82) is 0 Å².